The first-order valence-corrected chi connectivity index (χ1v) is 6.66. The van der Waals surface area contributed by atoms with E-state index in [4.69, 9.17) is 5.11 Å². The summed E-state index contributed by atoms with van der Waals surface area (Å²) in [7, 11) is -0.173. The van der Waals surface area contributed by atoms with Crippen LogP contribution in [-0.4, -0.2) is 55.9 Å². The molecular formula is C9H20N2O3S. The van der Waals surface area contributed by atoms with Crippen molar-refractivity contribution < 1.29 is 13.5 Å². The summed E-state index contributed by atoms with van der Waals surface area (Å²) in [5.41, 5.74) is 0. The molecule has 1 aliphatic rings. The van der Waals surface area contributed by atoms with Crippen molar-refractivity contribution in [2.24, 2.45) is 5.92 Å². The summed E-state index contributed by atoms with van der Waals surface area (Å²) >= 11 is 0. The summed E-state index contributed by atoms with van der Waals surface area (Å²) < 4.78 is 26.4. The first-order chi connectivity index (χ1) is 6.98. The van der Waals surface area contributed by atoms with E-state index in [0.29, 0.717) is 25.4 Å². The van der Waals surface area contributed by atoms with Crippen molar-refractivity contribution in [3.8, 4) is 0 Å². The summed E-state index contributed by atoms with van der Waals surface area (Å²) in [5.74, 6) is 0.304. The fourth-order valence-corrected chi connectivity index (χ4v) is 3.11. The Hall–Kier alpha value is -0.170. The van der Waals surface area contributed by atoms with Crippen molar-refractivity contribution >= 4 is 10.2 Å². The normalized spacial score (nSPS) is 24.7. The van der Waals surface area contributed by atoms with Crippen LogP contribution in [0.25, 0.3) is 0 Å². The Morgan fingerprint density at radius 2 is 2.13 bits per heavy atom. The van der Waals surface area contributed by atoms with Crippen molar-refractivity contribution in [1.29, 1.82) is 0 Å². The average molecular weight is 236 g/mol. The molecule has 6 heteroatoms. The van der Waals surface area contributed by atoms with Gasteiger partial charge in [0.1, 0.15) is 0 Å². The van der Waals surface area contributed by atoms with E-state index in [2.05, 4.69) is 0 Å². The maximum Gasteiger partial charge on any atom is 0.281 e. The van der Waals surface area contributed by atoms with Gasteiger partial charge < -0.3 is 5.11 Å². The third kappa shape index (κ3) is 3.14. The molecule has 0 bridgehead atoms. The van der Waals surface area contributed by atoms with E-state index in [9.17, 15) is 8.42 Å². The second kappa shape index (κ2) is 5.25. The summed E-state index contributed by atoms with van der Waals surface area (Å²) in [6, 6.07) is 0. The topological polar surface area (TPSA) is 60.9 Å². The SMILES string of the molecule is CN(C)S(=O)(=O)N1CCCC(CCO)C1. The van der Waals surface area contributed by atoms with Crippen LogP contribution in [0.3, 0.4) is 0 Å². The van der Waals surface area contributed by atoms with Crippen molar-refractivity contribution in [2.75, 3.05) is 33.8 Å². The van der Waals surface area contributed by atoms with Gasteiger partial charge in [0.15, 0.2) is 0 Å². The predicted molar refractivity (Wildman–Crippen MR) is 58.6 cm³/mol. The van der Waals surface area contributed by atoms with E-state index < -0.39 is 10.2 Å². The van der Waals surface area contributed by atoms with E-state index in [1.165, 1.54) is 8.61 Å². The van der Waals surface area contributed by atoms with Gasteiger partial charge in [-0.15, -0.1) is 0 Å². The van der Waals surface area contributed by atoms with Crippen LogP contribution < -0.4 is 0 Å². The number of hydrogen-bond donors (Lipinski definition) is 1. The quantitative estimate of drug-likeness (QED) is 0.740. The molecule has 0 spiro atoms. The zero-order chi connectivity index (χ0) is 11.5. The maximum absolute atomic E-state index is 11.8. The van der Waals surface area contributed by atoms with Crippen LogP contribution in [0.1, 0.15) is 19.3 Å². The van der Waals surface area contributed by atoms with Gasteiger partial charge in [0.25, 0.3) is 10.2 Å². The lowest BCUT2D eigenvalue weighted by atomic mass is 9.97. The molecule has 1 fully saturated rings. The highest BCUT2D eigenvalue weighted by atomic mass is 32.2. The van der Waals surface area contributed by atoms with Gasteiger partial charge in [-0.1, -0.05) is 0 Å². The lowest BCUT2D eigenvalue weighted by Gasteiger charge is -2.33. The fraction of sp³-hybridized carbons (Fsp3) is 1.00. The molecule has 0 aliphatic carbocycles. The standard InChI is InChI=1S/C9H20N2O3S/c1-10(2)15(13,14)11-6-3-4-9(8-11)5-7-12/h9,12H,3-8H2,1-2H3. The van der Waals surface area contributed by atoms with Crippen LogP contribution in [-0.2, 0) is 10.2 Å². The molecule has 1 unspecified atom stereocenters. The Morgan fingerprint density at radius 1 is 1.47 bits per heavy atom. The van der Waals surface area contributed by atoms with Gasteiger partial charge >= 0.3 is 0 Å². The van der Waals surface area contributed by atoms with Gasteiger partial charge in [-0.3, -0.25) is 0 Å². The van der Waals surface area contributed by atoms with Gasteiger partial charge in [-0.05, 0) is 25.2 Å². The van der Waals surface area contributed by atoms with Crippen LogP contribution in [0, 0.1) is 5.92 Å². The molecule has 0 saturated carbocycles. The summed E-state index contributed by atoms with van der Waals surface area (Å²) in [4.78, 5) is 0. The van der Waals surface area contributed by atoms with Gasteiger partial charge in [0.2, 0.25) is 0 Å². The van der Waals surface area contributed by atoms with Gasteiger partial charge in [-0.25, -0.2) is 0 Å². The number of aliphatic hydroxyl groups is 1. The third-order valence-electron chi connectivity index (χ3n) is 2.81. The molecular weight excluding hydrogens is 216 g/mol. The molecule has 90 valence electrons. The molecule has 0 radical (unpaired) electrons. The van der Waals surface area contributed by atoms with Crippen molar-refractivity contribution in [3.05, 3.63) is 0 Å². The Bertz CT molecular complexity index is 288. The van der Waals surface area contributed by atoms with Crippen LogP contribution >= 0.6 is 0 Å². The van der Waals surface area contributed by atoms with Gasteiger partial charge in [0.05, 0.1) is 0 Å². The molecule has 1 aliphatic heterocycles. The third-order valence-corrected chi connectivity index (χ3v) is 4.71. The highest BCUT2D eigenvalue weighted by Crippen LogP contribution is 2.22. The van der Waals surface area contributed by atoms with Crippen LogP contribution in [0.5, 0.6) is 0 Å². The number of rotatable bonds is 4. The highest BCUT2D eigenvalue weighted by molar-refractivity contribution is 7.86. The monoisotopic (exact) mass is 236 g/mol. The molecule has 0 amide bonds. The molecule has 1 N–H and O–H groups in total. The lowest BCUT2D eigenvalue weighted by Crippen LogP contribution is -2.45. The van der Waals surface area contributed by atoms with Crippen LogP contribution in [0.4, 0.5) is 0 Å². The largest absolute Gasteiger partial charge is 0.396 e. The van der Waals surface area contributed by atoms with E-state index in [-0.39, 0.29) is 6.61 Å². The second-order valence-corrected chi connectivity index (χ2v) is 6.31. The van der Waals surface area contributed by atoms with Gasteiger partial charge in [0, 0.05) is 33.8 Å². The Morgan fingerprint density at radius 3 is 2.67 bits per heavy atom. The number of piperidine rings is 1. The fourth-order valence-electron chi connectivity index (χ4n) is 1.89. The van der Waals surface area contributed by atoms with E-state index in [1.807, 2.05) is 0 Å². The smallest absolute Gasteiger partial charge is 0.281 e. The number of hydrogen-bond acceptors (Lipinski definition) is 3. The van der Waals surface area contributed by atoms with Crippen LogP contribution in [0.2, 0.25) is 0 Å². The van der Waals surface area contributed by atoms with Crippen LogP contribution in [0.15, 0.2) is 0 Å². The molecule has 15 heavy (non-hydrogen) atoms. The van der Waals surface area contributed by atoms with Crippen molar-refractivity contribution in [2.45, 2.75) is 19.3 Å². The zero-order valence-corrected chi connectivity index (χ0v) is 10.2. The average Bonchev–Trinajstić information content (AvgIpc) is 2.18. The second-order valence-electron chi connectivity index (χ2n) is 4.17. The number of aliphatic hydroxyl groups excluding tert-OH is 1. The first-order valence-electron chi connectivity index (χ1n) is 5.27. The number of nitrogens with zero attached hydrogens (tertiary/aromatic N) is 2. The lowest BCUT2D eigenvalue weighted by molar-refractivity contribution is 0.198. The van der Waals surface area contributed by atoms with Crippen molar-refractivity contribution in [3.63, 3.8) is 0 Å². The molecule has 0 aromatic rings. The Kier molecular flexibility index (Phi) is 4.51. The van der Waals surface area contributed by atoms with E-state index in [0.717, 1.165) is 12.8 Å². The Labute approximate surface area is 91.9 Å². The van der Waals surface area contributed by atoms with Crippen molar-refractivity contribution in [1.82, 2.24) is 8.61 Å². The minimum atomic E-state index is -3.27. The first kappa shape index (κ1) is 12.9. The Balaban J connectivity index is 2.64. The highest BCUT2D eigenvalue weighted by Gasteiger charge is 2.29. The summed E-state index contributed by atoms with van der Waals surface area (Å²) in [6.45, 7) is 1.28. The van der Waals surface area contributed by atoms with Gasteiger partial charge in [-0.2, -0.15) is 17.0 Å². The molecule has 1 atom stereocenters. The van der Waals surface area contributed by atoms with E-state index in [1.54, 1.807) is 14.1 Å². The summed E-state index contributed by atoms with van der Waals surface area (Å²) in [5, 5.41) is 8.84. The predicted octanol–water partition coefficient (Wildman–Crippen LogP) is -0.113. The molecule has 5 nitrogen and oxygen atoms in total. The zero-order valence-electron chi connectivity index (χ0n) is 9.39. The maximum atomic E-state index is 11.8. The van der Waals surface area contributed by atoms with E-state index >= 15 is 0 Å². The molecule has 1 saturated heterocycles. The molecule has 0 aromatic carbocycles. The minimum absolute atomic E-state index is 0.139. The minimum Gasteiger partial charge on any atom is -0.396 e. The molecule has 0 aromatic heterocycles. The molecule has 1 heterocycles. The molecule has 1 rings (SSSR count). The summed E-state index contributed by atoms with van der Waals surface area (Å²) in [6.07, 6.45) is 2.59.